The fraction of sp³-hybridized carbons (Fsp3) is 0.0625. The Hall–Kier alpha value is -3.15. The number of rotatable bonds is 2. The maximum atomic E-state index is 11.8. The van der Waals surface area contributed by atoms with Crippen LogP contribution in [0.15, 0.2) is 42.5 Å². The van der Waals surface area contributed by atoms with Crippen molar-refractivity contribution in [2.24, 2.45) is 0 Å². The summed E-state index contributed by atoms with van der Waals surface area (Å²) in [6, 6.07) is 7.94. The molecule has 2 aromatic rings. The number of carbonyl (C=O) groups excluding carboxylic acids is 3. The highest BCUT2D eigenvalue weighted by molar-refractivity contribution is 6.21. The molecule has 0 unspecified atom stereocenters. The molecule has 108 valence electrons. The van der Waals surface area contributed by atoms with Gasteiger partial charge in [-0.05, 0) is 36.4 Å². The maximum absolute atomic E-state index is 11.8. The summed E-state index contributed by atoms with van der Waals surface area (Å²) in [6.07, 6.45) is 2.42. The summed E-state index contributed by atoms with van der Waals surface area (Å²) in [5.74, 6) is -1.15. The topological polar surface area (TPSA) is 86.2 Å². The molecule has 0 saturated carbocycles. The van der Waals surface area contributed by atoms with Gasteiger partial charge in [-0.1, -0.05) is 6.07 Å². The average molecular weight is 294 g/mol. The van der Waals surface area contributed by atoms with E-state index in [-0.39, 0.29) is 28.5 Å². The van der Waals surface area contributed by atoms with Crippen LogP contribution in [-0.4, -0.2) is 34.6 Å². The fourth-order valence-corrected chi connectivity index (χ4v) is 2.10. The summed E-state index contributed by atoms with van der Waals surface area (Å²) in [7, 11) is 1.27. The van der Waals surface area contributed by atoms with Gasteiger partial charge in [-0.15, -0.1) is 0 Å². The van der Waals surface area contributed by atoms with E-state index in [4.69, 9.17) is 0 Å². The summed E-state index contributed by atoms with van der Waals surface area (Å²) < 4.78 is 4.62. The number of hydrogen-bond acceptors (Lipinski definition) is 6. The molecular weight excluding hydrogens is 284 g/mol. The highest BCUT2D eigenvalue weighted by Crippen LogP contribution is 2.21. The van der Waals surface area contributed by atoms with Crippen LogP contribution in [-0.2, 0) is 4.74 Å². The second-order valence-corrected chi connectivity index (χ2v) is 4.55. The van der Waals surface area contributed by atoms with Crippen LogP contribution in [0.5, 0.6) is 0 Å². The molecular formula is C16H10N2O4. The highest BCUT2D eigenvalue weighted by Gasteiger charge is 2.21. The van der Waals surface area contributed by atoms with Gasteiger partial charge < -0.3 is 4.74 Å². The van der Waals surface area contributed by atoms with Gasteiger partial charge in [0.2, 0.25) is 5.78 Å². The molecule has 22 heavy (non-hydrogen) atoms. The van der Waals surface area contributed by atoms with Crippen molar-refractivity contribution in [2.45, 2.75) is 0 Å². The molecule has 6 nitrogen and oxygen atoms in total. The largest absolute Gasteiger partial charge is 0.464 e. The molecule has 1 aliphatic carbocycles. The Balaban J connectivity index is 2.08. The number of carbonyl (C=O) groups is 3. The molecule has 2 aromatic heterocycles. The summed E-state index contributed by atoms with van der Waals surface area (Å²) in [5.41, 5.74) is 1.32. The highest BCUT2D eigenvalue weighted by atomic mass is 16.5. The van der Waals surface area contributed by atoms with E-state index in [1.165, 1.54) is 31.4 Å². The first kappa shape index (κ1) is 13.8. The summed E-state index contributed by atoms with van der Waals surface area (Å²) in [6.45, 7) is 0. The second kappa shape index (κ2) is 5.33. The van der Waals surface area contributed by atoms with Crippen molar-refractivity contribution in [2.75, 3.05) is 7.11 Å². The molecule has 0 atom stereocenters. The van der Waals surface area contributed by atoms with Crippen molar-refractivity contribution in [3.63, 3.8) is 0 Å². The number of methoxy groups -OCH3 is 1. The van der Waals surface area contributed by atoms with Gasteiger partial charge >= 0.3 is 5.97 Å². The van der Waals surface area contributed by atoms with Gasteiger partial charge in [-0.3, -0.25) is 9.59 Å². The predicted octanol–water partition coefficient (Wildman–Crippen LogP) is 1.87. The fourth-order valence-electron chi connectivity index (χ4n) is 2.10. The molecule has 2 heterocycles. The van der Waals surface area contributed by atoms with E-state index in [9.17, 15) is 14.4 Å². The third-order valence-electron chi connectivity index (χ3n) is 3.19. The third kappa shape index (κ3) is 2.31. The van der Waals surface area contributed by atoms with Gasteiger partial charge in [-0.2, -0.15) is 0 Å². The summed E-state index contributed by atoms with van der Waals surface area (Å²) in [5, 5.41) is 0. The SMILES string of the molecule is COC(=O)c1cccc(-c2ccc3c(n2)C(=O)C=CC3=O)n1. The molecule has 0 aromatic carbocycles. The van der Waals surface area contributed by atoms with Gasteiger partial charge in [0.25, 0.3) is 0 Å². The zero-order valence-electron chi connectivity index (χ0n) is 11.6. The van der Waals surface area contributed by atoms with Crippen molar-refractivity contribution in [1.82, 2.24) is 9.97 Å². The molecule has 0 amide bonds. The van der Waals surface area contributed by atoms with Crippen molar-refractivity contribution < 1.29 is 19.1 Å². The Kier molecular flexibility index (Phi) is 3.34. The minimum absolute atomic E-state index is 0.0928. The van der Waals surface area contributed by atoms with Gasteiger partial charge in [0, 0.05) is 0 Å². The molecule has 6 heteroatoms. The van der Waals surface area contributed by atoms with Crippen LogP contribution < -0.4 is 0 Å². The normalized spacial score (nSPS) is 13.0. The first-order valence-electron chi connectivity index (χ1n) is 6.43. The van der Waals surface area contributed by atoms with Gasteiger partial charge in [0.05, 0.1) is 24.1 Å². The molecule has 0 spiro atoms. The lowest BCUT2D eigenvalue weighted by molar-refractivity contribution is 0.0594. The molecule has 0 fully saturated rings. The molecule has 0 radical (unpaired) electrons. The van der Waals surface area contributed by atoms with Crippen molar-refractivity contribution >= 4 is 17.5 Å². The number of ketones is 2. The van der Waals surface area contributed by atoms with Crippen LogP contribution in [0.3, 0.4) is 0 Å². The first-order chi connectivity index (χ1) is 10.6. The standard InChI is InChI=1S/C16H10N2O4/c1-22-16(21)12-4-2-3-10(17-12)11-6-5-9-13(19)7-8-14(20)15(9)18-11/h2-8H,1H3. The number of ether oxygens (including phenoxy) is 1. The van der Waals surface area contributed by atoms with Crippen molar-refractivity contribution in [3.8, 4) is 11.4 Å². The van der Waals surface area contributed by atoms with Gasteiger partial charge in [-0.25, -0.2) is 14.8 Å². The van der Waals surface area contributed by atoms with Crippen molar-refractivity contribution in [1.29, 1.82) is 0 Å². The first-order valence-corrected chi connectivity index (χ1v) is 6.43. The van der Waals surface area contributed by atoms with Crippen LogP contribution in [0.4, 0.5) is 0 Å². The minimum atomic E-state index is -0.561. The molecule has 0 bridgehead atoms. The minimum Gasteiger partial charge on any atom is -0.464 e. The Bertz CT molecular complexity index is 840. The van der Waals surface area contributed by atoms with E-state index in [2.05, 4.69) is 14.7 Å². The Morgan fingerprint density at radius 2 is 1.68 bits per heavy atom. The smallest absolute Gasteiger partial charge is 0.356 e. The van der Waals surface area contributed by atoms with E-state index < -0.39 is 5.97 Å². The molecule has 0 saturated heterocycles. The van der Waals surface area contributed by atoms with E-state index in [1.807, 2.05) is 0 Å². The van der Waals surface area contributed by atoms with Gasteiger partial charge in [0.15, 0.2) is 5.78 Å². The molecule has 1 aliphatic rings. The Morgan fingerprint density at radius 3 is 2.45 bits per heavy atom. The number of hydrogen-bond donors (Lipinski definition) is 0. The Morgan fingerprint density at radius 1 is 0.955 bits per heavy atom. The molecule has 0 aliphatic heterocycles. The maximum Gasteiger partial charge on any atom is 0.356 e. The van der Waals surface area contributed by atoms with Crippen LogP contribution in [0.1, 0.15) is 31.3 Å². The number of esters is 1. The quantitative estimate of drug-likeness (QED) is 0.786. The van der Waals surface area contributed by atoms with E-state index in [0.717, 1.165) is 0 Å². The summed E-state index contributed by atoms with van der Waals surface area (Å²) in [4.78, 5) is 43.4. The average Bonchev–Trinajstić information content (AvgIpc) is 2.57. The third-order valence-corrected chi connectivity index (χ3v) is 3.19. The predicted molar refractivity (Wildman–Crippen MR) is 76.6 cm³/mol. The zero-order valence-corrected chi connectivity index (χ0v) is 11.6. The number of nitrogens with zero attached hydrogens (tertiary/aromatic N) is 2. The zero-order chi connectivity index (χ0) is 15.7. The Labute approximate surface area is 125 Å². The van der Waals surface area contributed by atoms with Crippen LogP contribution in [0.25, 0.3) is 11.4 Å². The number of allylic oxidation sites excluding steroid dienone is 2. The number of pyridine rings is 2. The number of aromatic nitrogens is 2. The van der Waals surface area contributed by atoms with E-state index >= 15 is 0 Å². The molecule has 3 rings (SSSR count). The van der Waals surface area contributed by atoms with Crippen LogP contribution >= 0.6 is 0 Å². The van der Waals surface area contributed by atoms with Gasteiger partial charge in [0.1, 0.15) is 11.4 Å². The van der Waals surface area contributed by atoms with Crippen LogP contribution in [0.2, 0.25) is 0 Å². The van der Waals surface area contributed by atoms with Crippen LogP contribution in [0, 0.1) is 0 Å². The van der Waals surface area contributed by atoms with E-state index in [1.54, 1.807) is 18.2 Å². The lowest BCUT2D eigenvalue weighted by Gasteiger charge is -2.10. The van der Waals surface area contributed by atoms with E-state index in [0.29, 0.717) is 11.4 Å². The lowest BCUT2D eigenvalue weighted by atomic mass is 9.99. The number of fused-ring (bicyclic) bond motifs is 1. The monoisotopic (exact) mass is 294 g/mol. The second-order valence-electron chi connectivity index (χ2n) is 4.55. The van der Waals surface area contributed by atoms with Crippen molar-refractivity contribution in [3.05, 3.63) is 59.4 Å². The molecule has 0 N–H and O–H groups in total. The lowest BCUT2D eigenvalue weighted by Crippen LogP contribution is -2.14. The summed E-state index contributed by atoms with van der Waals surface area (Å²) >= 11 is 0.